The van der Waals surface area contributed by atoms with Gasteiger partial charge in [-0.25, -0.2) is 4.79 Å². The van der Waals surface area contributed by atoms with Crippen molar-refractivity contribution in [2.75, 3.05) is 6.61 Å². The van der Waals surface area contributed by atoms with E-state index in [2.05, 4.69) is 46.9 Å². The highest BCUT2D eigenvalue weighted by molar-refractivity contribution is 5.76. The van der Waals surface area contributed by atoms with Crippen molar-refractivity contribution in [3.8, 4) is 0 Å². The van der Waals surface area contributed by atoms with Crippen molar-refractivity contribution < 1.29 is 24.5 Å². The summed E-state index contributed by atoms with van der Waals surface area (Å²) in [5.74, 6) is 1.53. The number of amides is 1. The van der Waals surface area contributed by atoms with Crippen LogP contribution in [0.1, 0.15) is 119 Å². The first-order valence-corrected chi connectivity index (χ1v) is 16.6. The van der Waals surface area contributed by atoms with E-state index >= 15 is 0 Å². The number of alkyl carbamates (subject to hydrolysis) is 1. The summed E-state index contributed by atoms with van der Waals surface area (Å²) in [7, 11) is 0. The van der Waals surface area contributed by atoms with Crippen LogP contribution in [0.15, 0.2) is 0 Å². The number of hydrogen-bond donors (Lipinski definition) is 3. The fourth-order valence-electron chi connectivity index (χ4n) is 12.5. The van der Waals surface area contributed by atoms with E-state index in [4.69, 9.17) is 4.74 Å². The minimum absolute atomic E-state index is 0.0503. The molecule has 1 amide bonds. The van der Waals surface area contributed by atoms with E-state index in [0.29, 0.717) is 29.7 Å². The number of ether oxygens (including phenoxy) is 1. The maximum absolute atomic E-state index is 12.9. The number of hydrogen-bond acceptors (Lipinski definition) is 4. The highest BCUT2D eigenvalue weighted by atomic mass is 16.6. The summed E-state index contributed by atoms with van der Waals surface area (Å²) in [6, 6.07) is 0.311. The third-order valence-electron chi connectivity index (χ3n) is 15.0. The molecule has 6 nitrogen and oxygen atoms in total. The van der Waals surface area contributed by atoms with Crippen molar-refractivity contribution in [2.24, 2.45) is 62.6 Å². The van der Waals surface area contributed by atoms with Crippen molar-refractivity contribution in [1.29, 1.82) is 0 Å². The fraction of sp³-hybridized carbons (Fsp3) is 0.941. The normalized spacial score (nSPS) is 50.0. The molecule has 6 fully saturated rings. The molecule has 0 aromatic rings. The molecule has 6 rings (SSSR count). The Kier molecular flexibility index (Phi) is 6.73. The van der Waals surface area contributed by atoms with Gasteiger partial charge in [0.05, 0.1) is 5.41 Å². The van der Waals surface area contributed by atoms with E-state index < -0.39 is 11.4 Å². The van der Waals surface area contributed by atoms with Crippen molar-refractivity contribution >= 4 is 12.1 Å². The van der Waals surface area contributed by atoms with E-state index in [1.165, 1.54) is 12.8 Å². The molecule has 226 valence electrons. The van der Waals surface area contributed by atoms with Gasteiger partial charge in [-0.2, -0.15) is 0 Å². The lowest BCUT2D eigenvalue weighted by atomic mass is 9.32. The van der Waals surface area contributed by atoms with Crippen LogP contribution in [-0.2, 0) is 9.53 Å². The summed E-state index contributed by atoms with van der Waals surface area (Å²) < 4.78 is 6.12. The topological polar surface area (TPSA) is 95.9 Å². The first-order chi connectivity index (χ1) is 18.7. The molecule has 1 unspecified atom stereocenters. The lowest BCUT2D eigenvalue weighted by Gasteiger charge is -2.72. The molecular formula is C34H55NO5. The Hall–Kier alpha value is -1.30. The van der Waals surface area contributed by atoms with Crippen LogP contribution in [0.2, 0.25) is 0 Å². The molecule has 0 aliphatic heterocycles. The molecule has 3 N–H and O–H groups in total. The van der Waals surface area contributed by atoms with Crippen molar-refractivity contribution in [2.45, 2.75) is 131 Å². The maximum atomic E-state index is 12.9. The summed E-state index contributed by atoms with van der Waals surface area (Å²) in [5, 5.41) is 23.8. The number of carbonyl (C=O) groups excluding carboxylic acids is 1. The number of aliphatic carboxylic acids is 1. The summed E-state index contributed by atoms with van der Waals surface area (Å²) in [5.41, 5.74) is -0.236. The molecule has 0 spiro atoms. The quantitative estimate of drug-likeness (QED) is 0.337. The zero-order valence-electron chi connectivity index (χ0n) is 25.9. The minimum atomic E-state index is -0.610. The Labute approximate surface area is 241 Å². The number of carboxylic acid groups (broad SMARTS) is 1. The van der Waals surface area contributed by atoms with Gasteiger partial charge in [-0.15, -0.1) is 0 Å². The standard InChI is InChI=1S/C34H55NO5/c1-20(19-36)22-11-16-34(28(37)38)18-17-32(5)23(27(22)34)9-10-25-31(4)14-13-26(40-29(39)35-21-7-8-21)30(2,3)24(31)12-15-33(25,32)6/h20-27,36H,7-19H2,1-6H3,(H,35,39)(H,37,38)/t20-,22-,23?,24-,25+,26-,27-,31-,32+,33+,34-/m0/s1. The number of aliphatic hydroxyl groups excluding tert-OH is 1. The molecule has 0 heterocycles. The van der Waals surface area contributed by atoms with Gasteiger partial charge in [0.15, 0.2) is 0 Å². The average Bonchev–Trinajstić information content (AvgIpc) is 3.61. The monoisotopic (exact) mass is 557 g/mol. The van der Waals surface area contributed by atoms with Crippen LogP contribution in [0, 0.1) is 62.6 Å². The second kappa shape index (κ2) is 9.35. The summed E-state index contributed by atoms with van der Waals surface area (Å²) in [6.45, 7) is 14.7. The molecule has 6 heteroatoms. The maximum Gasteiger partial charge on any atom is 0.407 e. The Bertz CT molecular complexity index is 1040. The van der Waals surface area contributed by atoms with Crippen LogP contribution >= 0.6 is 0 Å². The molecule has 6 aliphatic rings. The predicted octanol–water partition coefficient (Wildman–Crippen LogP) is 7.04. The highest BCUT2D eigenvalue weighted by Crippen LogP contribution is 2.77. The zero-order valence-corrected chi connectivity index (χ0v) is 25.9. The second-order valence-corrected chi connectivity index (χ2v) is 16.7. The van der Waals surface area contributed by atoms with Gasteiger partial charge < -0.3 is 20.3 Å². The summed E-state index contributed by atoms with van der Waals surface area (Å²) >= 11 is 0. The number of rotatable bonds is 5. The Morgan fingerprint density at radius 1 is 0.850 bits per heavy atom. The summed E-state index contributed by atoms with van der Waals surface area (Å²) in [4.78, 5) is 25.6. The number of aliphatic hydroxyl groups is 1. The molecule has 0 aromatic heterocycles. The van der Waals surface area contributed by atoms with Crippen molar-refractivity contribution in [1.82, 2.24) is 5.32 Å². The zero-order chi connectivity index (χ0) is 28.9. The SMILES string of the molecule is C[C@@H](CO)[C@@H]1CC[C@]2(C(=O)O)CC[C@]3(C)C(CC[C@@H]4[C@@]5(C)CC[C@H](OC(=O)NC6CC6)C(C)(C)[C@@H]5CC[C@]43C)[C@H]12. The molecule has 0 saturated heterocycles. The van der Waals surface area contributed by atoms with Gasteiger partial charge in [0.25, 0.3) is 0 Å². The molecule has 40 heavy (non-hydrogen) atoms. The van der Waals surface area contributed by atoms with E-state index in [1.54, 1.807) is 0 Å². The number of nitrogens with one attached hydrogen (secondary N) is 1. The second-order valence-electron chi connectivity index (χ2n) is 16.7. The van der Waals surface area contributed by atoms with Crippen molar-refractivity contribution in [3.63, 3.8) is 0 Å². The van der Waals surface area contributed by atoms with Crippen LogP contribution in [0.5, 0.6) is 0 Å². The largest absolute Gasteiger partial charge is 0.481 e. The van der Waals surface area contributed by atoms with Gasteiger partial charge in [0, 0.05) is 18.1 Å². The fourth-order valence-corrected chi connectivity index (χ4v) is 12.5. The van der Waals surface area contributed by atoms with Crippen LogP contribution in [0.25, 0.3) is 0 Å². The van der Waals surface area contributed by atoms with E-state index in [0.717, 1.165) is 64.2 Å². The van der Waals surface area contributed by atoms with E-state index in [1.807, 2.05) is 0 Å². The molecule has 0 radical (unpaired) electrons. The van der Waals surface area contributed by atoms with Gasteiger partial charge in [-0.3, -0.25) is 4.79 Å². The minimum Gasteiger partial charge on any atom is -0.481 e. The predicted molar refractivity (Wildman–Crippen MR) is 154 cm³/mol. The van der Waals surface area contributed by atoms with E-state index in [-0.39, 0.29) is 52.3 Å². The average molecular weight is 558 g/mol. The van der Waals surface area contributed by atoms with Gasteiger partial charge >= 0.3 is 12.1 Å². The third-order valence-corrected chi connectivity index (χ3v) is 15.0. The first-order valence-electron chi connectivity index (χ1n) is 16.6. The molecule has 6 saturated carbocycles. The number of carboxylic acids is 1. The van der Waals surface area contributed by atoms with E-state index in [9.17, 15) is 19.8 Å². The van der Waals surface area contributed by atoms with Crippen LogP contribution < -0.4 is 5.32 Å². The van der Waals surface area contributed by atoms with Gasteiger partial charge in [-0.1, -0.05) is 41.5 Å². The number of fused-ring (bicyclic) bond motifs is 7. The number of carbonyl (C=O) groups is 2. The lowest BCUT2D eigenvalue weighted by molar-refractivity contribution is -0.249. The van der Waals surface area contributed by atoms with Crippen molar-refractivity contribution in [3.05, 3.63) is 0 Å². The van der Waals surface area contributed by atoms with Gasteiger partial charge in [0.2, 0.25) is 0 Å². The Morgan fingerprint density at radius 3 is 2.23 bits per heavy atom. The molecule has 0 aromatic carbocycles. The summed E-state index contributed by atoms with van der Waals surface area (Å²) in [6.07, 6.45) is 12.0. The van der Waals surface area contributed by atoms with Crippen LogP contribution in [0.4, 0.5) is 4.79 Å². The molecule has 0 bridgehead atoms. The molecular weight excluding hydrogens is 502 g/mol. The third kappa shape index (κ3) is 3.82. The highest BCUT2D eigenvalue weighted by Gasteiger charge is 2.72. The Morgan fingerprint density at radius 2 is 1.57 bits per heavy atom. The Balaban J connectivity index is 1.29. The lowest BCUT2D eigenvalue weighted by Crippen LogP contribution is -2.67. The first kappa shape index (κ1) is 28.8. The smallest absolute Gasteiger partial charge is 0.407 e. The molecule has 6 aliphatic carbocycles. The van der Waals surface area contributed by atoms with Gasteiger partial charge in [-0.05, 0) is 129 Å². The molecule has 11 atom stereocenters. The van der Waals surface area contributed by atoms with Crippen LogP contribution in [-0.4, -0.2) is 41.0 Å². The van der Waals surface area contributed by atoms with Crippen LogP contribution in [0.3, 0.4) is 0 Å². The van der Waals surface area contributed by atoms with Gasteiger partial charge in [0.1, 0.15) is 6.10 Å².